The minimum atomic E-state index is 0. The van der Waals surface area contributed by atoms with Gasteiger partial charge in [-0.15, -0.1) is 0 Å². The average molecular weight is 1240 g/mol. The van der Waals surface area contributed by atoms with Crippen molar-refractivity contribution in [2.24, 2.45) is 0 Å². The molecule has 0 aliphatic heterocycles. The van der Waals surface area contributed by atoms with Crippen LogP contribution in [0.3, 0.4) is 0 Å². The maximum Gasteiger partial charge on any atom is 0.0467 e. The number of para-hydroxylation sites is 7. The lowest BCUT2D eigenvalue weighted by molar-refractivity contribution is 1.24. The van der Waals surface area contributed by atoms with E-state index in [4.69, 9.17) is 0 Å². The van der Waals surface area contributed by atoms with Crippen molar-refractivity contribution < 1.29 is 0 Å². The normalized spacial score (nSPS) is 10.6. The highest BCUT2D eigenvalue weighted by molar-refractivity contribution is 5.86. The van der Waals surface area contributed by atoms with Gasteiger partial charge < -0.3 is 24.5 Å². The number of rotatable bonds is 18. The standard InChI is InChI=1S/C48H36N2.C42H33N3.CH4/c1-5-14-37(15-6-1)39-24-30-45(31-25-39)49(46-32-26-40(27-33-46)38-16-7-2-8-17-38)47-34-28-41(29-35-47)42-18-13-23-48(36-42)50(43-19-9-3-10-20-43)44-21-11-4-12-22-44;1-6-16-34(17-7-1)43(35-18-8-2-9-19-35)39-26-30-41(31-27-39)45(38-24-14-5-15-25-38)42-32-28-40(29-33-42)44(36-20-10-3-11-21-36)37-22-12-4-13-23-37;/h1-36H;1-33H;1H4. The van der Waals surface area contributed by atoms with Crippen LogP contribution in [0.5, 0.6) is 0 Å². The molecule has 15 aromatic carbocycles. The number of nitrogens with zero attached hydrogens (tertiary/aromatic N) is 5. The van der Waals surface area contributed by atoms with Crippen LogP contribution in [0.4, 0.5) is 85.3 Å². The van der Waals surface area contributed by atoms with Crippen LogP contribution < -0.4 is 24.5 Å². The molecule has 0 heterocycles. The first-order valence-electron chi connectivity index (χ1n) is 32.2. The zero-order valence-electron chi connectivity index (χ0n) is 52.6. The molecule has 0 spiro atoms. The molecule has 0 amide bonds. The quantitative estimate of drug-likeness (QED) is 0.0849. The van der Waals surface area contributed by atoms with Gasteiger partial charge in [0.25, 0.3) is 0 Å². The van der Waals surface area contributed by atoms with Crippen molar-refractivity contribution >= 4 is 85.3 Å². The van der Waals surface area contributed by atoms with Crippen molar-refractivity contribution in [2.45, 2.75) is 7.43 Å². The summed E-state index contributed by atoms with van der Waals surface area (Å²) in [6.45, 7) is 0. The van der Waals surface area contributed by atoms with Crippen molar-refractivity contribution in [3.63, 3.8) is 0 Å². The van der Waals surface area contributed by atoms with E-state index in [1.165, 1.54) is 22.3 Å². The number of benzene rings is 15. The highest BCUT2D eigenvalue weighted by Crippen LogP contribution is 2.43. The summed E-state index contributed by atoms with van der Waals surface area (Å²) in [5.41, 5.74) is 23.8. The number of anilines is 15. The first kappa shape index (κ1) is 62.1. The molecule has 0 saturated heterocycles. The van der Waals surface area contributed by atoms with Crippen LogP contribution in [0.25, 0.3) is 33.4 Å². The van der Waals surface area contributed by atoms with E-state index in [1.54, 1.807) is 0 Å². The van der Waals surface area contributed by atoms with Crippen molar-refractivity contribution in [3.8, 4) is 33.4 Å². The predicted molar refractivity (Wildman–Crippen MR) is 409 cm³/mol. The van der Waals surface area contributed by atoms with E-state index in [-0.39, 0.29) is 7.43 Å². The van der Waals surface area contributed by atoms with E-state index in [0.717, 1.165) is 96.4 Å². The third kappa shape index (κ3) is 14.3. The third-order valence-corrected chi connectivity index (χ3v) is 16.9. The van der Waals surface area contributed by atoms with Crippen molar-refractivity contribution in [1.29, 1.82) is 0 Å². The molecule has 0 N–H and O–H groups in total. The molecule has 0 atom stereocenters. The van der Waals surface area contributed by atoms with Gasteiger partial charge in [0.05, 0.1) is 0 Å². The minimum Gasteiger partial charge on any atom is -0.311 e. The Kier molecular flexibility index (Phi) is 19.5. The highest BCUT2D eigenvalue weighted by Gasteiger charge is 2.20. The summed E-state index contributed by atoms with van der Waals surface area (Å²) in [5.74, 6) is 0. The molecular weight excluding hydrogens is 1160 g/mol. The van der Waals surface area contributed by atoms with E-state index >= 15 is 0 Å². The fourth-order valence-electron chi connectivity index (χ4n) is 12.3. The molecule has 0 fully saturated rings. The molecular formula is C91H73N5. The minimum absolute atomic E-state index is 0. The monoisotopic (exact) mass is 1240 g/mol. The van der Waals surface area contributed by atoms with Crippen molar-refractivity contribution in [1.82, 2.24) is 0 Å². The largest absolute Gasteiger partial charge is 0.311 e. The maximum absolute atomic E-state index is 2.33. The first-order chi connectivity index (χ1) is 47.1. The van der Waals surface area contributed by atoms with Gasteiger partial charge in [0.1, 0.15) is 0 Å². The molecule has 0 bridgehead atoms. The summed E-state index contributed by atoms with van der Waals surface area (Å²) in [6, 6.07) is 148. The van der Waals surface area contributed by atoms with Crippen LogP contribution in [-0.4, -0.2) is 0 Å². The van der Waals surface area contributed by atoms with Gasteiger partial charge in [0, 0.05) is 85.3 Å². The van der Waals surface area contributed by atoms with Gasteiger partial charge in [-0.2, -0.15) is 0 Å². The maximum atomic E-state index is 2.33. The fraction of sp³-hybridized carbons (Fsp3) is 0.0110. The van der Waals surface area contributed by atoms with E-state index in [1.807, 2.05) is 0 Å². The lowest BCUT2D eigenvalue weighted by atomic mass is 10.0. The Hall–Kier alpha value is -12.7. The van der Waals surface area contributed by atoms with Gasteiger partial charge in [-0.25, -0.2) is 0 Å². The van der Waals surface area contributed by atoms with Gasteiger partial charge in [-0.3, -0.25) is 0 Å². The predicted octanol–water partition coefficient (Wildman–Crippen LogP) is 26.4. The molecule has 15 rings (SSSR count). The van der Waals surface area contributed by atoms with Crippen LogP contribution in [0, 0.1) is 0 Å². The van der Waals surface area contributed by atoms with Crippen molar-refractivity contribution in [2.75, 3.05) is 24.5 Å². The molecule has 0 aromatic heterocycles. The van der Waals surface area contributed by atoms with Gasteiger partial charge >= 0.3 is 0 Å². The van der Waals surface area contributed by atoms with Crippen LogP contribution in [0.1, 0.15) is 7.43 Å². The molecule has 96 heavy (non-hydrogen) atoms. The van der Waals surface area contributed by atoms with Gasteiger partial charge in [0.15, 0.2) is 0 Å². The second kappa shape index (κ2) is 30.2. The molecule has 0 aliphatic carbocycles. The lowest BCUT2D eigenvalue weighted by Crippen LogP contribution is -2.13. The zero-order chi connectivity index (χ0) is 63.8. The first-order valence-corrected chi connectivity index (χ1v) is 32.2. The Labute approximate surface area is 565 Å². The summed E-state index contributed by atoms with van der Waals surface area (Å²) in [7, 11) is 0. The lowest BCUT2D eigenvalue weighted by Gasteiger charge is -2.29. The molecule has 0 aliphatic rings. The van der Waals surface area contributed by atoms with E-state index in [9.17, 15) is 0 Å². The molecule has 15 aromatic rings. The topological polar surface area (TPSA) is 16.2 Å². The number of hydrogen-bond donors (Lipinski definition) is 0. The SMILES string of the molecule is C.c1ccc(-c2ccc(N(c3ccc(-c4ccccc4)cc3)c3ccc(-c4cccc(N(c5ccccc5)c5ccccc5)c4)cc3)cc2)cc1.c1ccc(N(c2ccccc2)c2ccc(N(c3ccccc3)c3ccc(N(c4ccccc4)c4ccccc4)cc3)cc2)cc1. The summed E-state index contributed by atoms with van der Waals surface area (Å²) in [5, 5.41) is 0. The molecule has 462 valence electrons. The summed E-state index contributed by atoms with van der Waals surface area (Å²) < 4.78 is 0. The fourth-order valence-corrected chi connectivity index (χ4v) is 12.3. The van der Waals surface area contributed by atoms with Gasteiger partial charge in [-0.05, 0) is 215 Å². The van der Waals surface area contributed by atoms with Crippen LogP contribution >= 0.6 is 0 Å². The second-order valence-corrected chi connectivity index (χ2v) is 23.0. The molecule has 0 unspecified atom stereocenters. The Morgan fingerprint density at radius 1 is 0.104 bits per heavy atom. The highest BCUT2D eigenvalue weighted by atomic mass is 15.2. The Morgan fingerprint density at radius 2 is 0.240 bits per heavy atom. The third-order valence-electron chi connectivity index (χ3n) is 16.9. The Morgan fingerprint density at radius 3 is 0.458 bits per heavy atom. The second-order valence-electron chi connectivity index (χ2n) is 23.0. The zero-order valence-corrected chi connectivity index (χ0v) is 52.6. The van der Waals surface area contributed by atoms with Crippen molar-refractivity contribution in [3.05, 3.63) is 419 Å². The van der Waals surface area contributed by atoms with E-state index in [0.29, 0.717) is 0 Å². The Balaban J connectivity index is 0.000000173. The molecule has 0 radical (unpaired) electrons. The molecule has 5 nitrogen and oxygen atoms in total. The summed E-state index contributed by atoms with van der Waals surface area (Å²) >= 11 is 0. The van der Waals surface area contributed by atoms with Gasteiger partial charge in [-0.1, -0.05) is 244 Å². The Bertz CT molecular complexity index is 4470. The van der Waals surface area contributed by atoms with Gasteiger partial charge in [0.2, 0.25) is 0 Å². The summed E-state index contributed by atoms with van der Waals surface area (Å²) in [4.78, 5) is 11.5. The van der Waals surface area contributed by atoms with E-state index < -0.39 is 0 Å². The van der Waals surface area contributed by atoms with Crippen LogP contribution in [0.15, 0.2) is 419 Å². The van der Waals surface area contributed by atoms with E-state index in [2.05, 4.69) is 443 Å². The number of hydrogen-bond acceptors (Lipinski definition) is 5. The summed E-state index contributed by atoms with van der Waals surface area (Å²) in [6.07, 6.45) is 0. The van der Waals surface area contributed by atoms with Crippen LogP contribution in [0.2, 0.25) is 0 Å². The smallest absolute Gasteiger partial charge is 0.0467 e. The average Bonchev–Trinajstić information content (AvgIpc) is 0.871. The molecule has 5 heteroatoms. The van der Waals surface area contributed by atoms with Crippen LogP contribution in [-0.2, 0) is 0 Å². The molecule has 0 saturated carbocycles.